The Labute approximate surface area is 205 Å². The second-order valence-corrected chi connectivity index (χ2v) is 8.00. The molecule has 0 radical (unpaired) electrons. The minimum atomic E-state index is -0.520. The molecule has 0 aliphatic rings. The molecule has 2 aromatic heterocycles. The molecule has 0 bridgehead atoms. The quantitative estimate of drug-likeness (QED) is 0.352. The topological polar surface area (TPSA) is 137 Å². The van der Waals surface area contributed by atoms with Crippen molar-refractivity contribution in [3.63, 3.8) is 0 Å². The number of hydrogen-bond acceptors (Lipinski definition) is 8. The van der Waals surface area contributed by atoms with E-state index in [0.717, 1.165) is 22.0 Å². The second-order valence-electron chi connectivity index (χ2n) is 8.00. The molecule has 5 aromatic rings. The van der Waals surface area contributed by atoms with E-state index in [1.54, 1.807) is 43.3 Å². The Hall–Kier alpha value is -5.06. The van der Waals surface area contributed by atoms with Crippen LogP contribution < -0.4 is 15.6 Å². The van der Waals surface area contributed by atoms with Crippen LogP contribution in [-0.4, -0.2) is 37.2 Å². The van der Waals surface area contributed by atoms with E-state index in [2.05, 4.69) is 31.5 Å². The third kappa shape index (κ3) is 4.62. The first kappa shape index (κ1) is 22.7. The highest BCUT2D eigenvalue weighted by Gasteiger charge is 2.18. The Bertz CT molecular complexity index is 1520. The number of hydrazine groups is 1. The Balaban J connectivity index is 1.32. The number of amides is 2. The maximum absolute atomic E-state index is 13.1. The van der Waals surface area contributed by atoms with Gasteiger partial charge < -0.3 is 9.26 Å². The van der Waals surface area contributed by atoms with Gasteiger partial charge in [-0.1, -0.05) is 29.4 Å². The van der Waals surface area contributed by atoms with Crippen molar-refractivity contribution in [3.8, 4) is 11.4 Å². The predicted octanol–water partition coefficient (Wildman–Crippen LogP) is 3.07. The molecule has 36 heavy (non-hydrogen) atoms. The molecule has 2 amide bonds. The fourth-order valence-corrected chi connectivity index (χ4v) is 3.67. The summed E-state index contributed by atoms with van der Waals surface area (Å²) < 4.78 is 12.7. The monoisotopic (exact) mass is 483 g/mol. The molecule has 0 unspecified atom stereocenters. The fraction of sp³-hybridized carbons (Fsp3) is 0.120. The van der Waals surface area contributed by atoms with Gasteiger partial charge in [-0.05, 0) is 71.4 Å². The van der Waals surface area contributed by atoms with Crippen LogP contribution in [-0.2, 0) is 6.61 Å². The number of nitrogens with one attached hydrogen (secondary N) is 2. The lowest BCUT2D eigenvalue weighted by Crippen LogP contribution is -2.41. The van der Waals surface area contributed by atoms with E-state index in [1.165, 1.54) is 11.0 Å². The number of rotatable bonds is 6. The van der Waals surface area contributed by atoms with Gasteiger partial charge in [-0.25, -0.2) is 4.68 Å². The molecule has 2 N–H and O–H groups in total. The van der Waals surface area contributed by atoms with E-state index in [9.17, 15) is 9.59 Å². The molecule has 11 nitrogen and oxygen atoms in total. The average molecular weight is 483 g/mol. The van der Waals surface area contributed by atoms with Gasteiger partial charge in [0.25, 0.3) is 11.8 Å². The van der Waals surface area contributed by atoms with Crippen LogP contribution in [0.25, 0.3) is 16.5 Å². The number of ether oxygens (including phenoxy) is 1. The standard InChI is InChI=1S/C25H21N7O4/c1-15-22(16(2)36-29-15)13-35-23-12-19-6-4-3-5-18(19)11-21(23)25(34)28-27-24(33)17-7-9-20(10-8-17)32-14-26-30-31-32/h3-12,14H,13H2,1-2H3,(H,27,33)(H,28,34). The van der Waals surface area contributed by atoms with Crippen molar-refractivity contribution in [2.75, 3.05) is 0 Å². The molecule has 2 heterocycles. The zero-order valence-corrected chi connectivity index (χ0v) is 19.4. The van der Waals surface area contributed by atoms with Crippen molar-refractivity contribution in [3.05, 3.63) is 95.1 Å². The van der Waals surface area contributed by atoms with Crippen LogP contribution in [0.4, 0.5) is 0 Å². The third-order valence-corrected chi connectivity index (χ3v) is 5.68. The maximum Gasteiger partial charge on any atom is 0.273 e. The Kier molecular flexibility index (Phi) is 6.10. The number of aryl methyl sites for hydroxylation is 2. The van der Waals surface area contributed by atoms with Gasteiger partial charge in [0.2, 0.25) is 0 Å². The highest BCUT2D eigenvalue weighted by Crippen LogP contribution is 2.27. The van der Waals surface area contributed by atoms with Crippen LogP contribution in [0.15, 0.2) is 71.5 Å². The zero-order valence-electron chi connectivity index (χ0n) is 19.4. The highest BCUT2D eigenvalue weighted by molar-refractivity contribution is 6.03. The number of tetrazole rings is 1. The lowest BCUT2D eigenvalue weighted by Gasteiger charge is -2.14. The number of carbonyl (C=O) groups is 2. The SMILES string of the molecule is Cc1noc(C)c1COc1cc2ccccc2cc1C(=O)NNC(=O)c1ccc(-n2cnnn2)cc1. The smallest absolute Gasteiger partial charge is 0.273 e. The van der Waals surface area contributed by atoms with E-state index < -0.39 is 11.8 Å². The van der Waals surface area contributed by atoms with Crippen molar-refractivity contribution < 1.29 is 18.8 Å². The first-order chi connectivity index (χ1) is 17.5. The summed E-state index contributed by atoms with van der Waals surface area (Å²) >= 11 is 0. The van der Waals surface area contributed by atoms with E-state index in [1.807, 2.05) is 31.2 Å². The van der Waals surface area contributed by atoms with E-state index >= 15 is 0 Å². The molecular formula is C25H21N7O4. The Morgan fingerprint density at radius 2 is 1.69 bits per heavy atom. The van der Waals surface area contributed by atoms with E-state index in [4.69, 9.17) is 9.26 Å². The maximum atomic E-state index is 13.1. The minimum Gasteiger partial charge on any atom is -0.488 e. The molecule has 0 spiro atoms. The van der Waals surface area contributed by atoms with Gasteiger partial charge in [-0.15, -0.1) is 5.10 Å². The summed E-state index contributed by atoms with van der Waals surface area (Å²) in [5.74, 6) is 0.0164. The predicted molar refractivity (Wildman–Crippen MR) is 128 cm³/mol. The average Bonchev–Trinajstić information content (AvgIpc) is 3.55. The summed E-state index contributed by atoms with van der Waals surface area (Å²) in [5, 5.41) is 16.7. The van der Waals surface area contributed by atoms with Crippen LogP contribution in [0.3, 0.4) is 0 Å². The molecular weight excluding hydrogens is 462 g/mol. The lowest BCUT2D eigenvalue weighted by atomic mass is 10.1. The summed E-state index contributed by atoms with van der Waals surface area (Å²) in [6.07, 6.45) is 1.45. The van der Waals surface area contributed by atoms with Crippen molar-refractivity contribution in [2.24, 2.45) is 0 Å². The van der Waals surface area contributed by atoms with E-state index in [-0.39, 0.29) is 12.2 Å². The molecule has 3 aromatic carbocycles. The van der Waals surface area contributed by atoms with Gasteiger partial charge in [0.1, 0.15) is 24.4 Å². The highest BCUT2D eigenvalue weighted by atomic mass is 16.5. The molecule has 0 aliphatic carbocycles. The number of carbonyl (C=O) groups excluding carboxylic acids is 2. The molecule has 0 aliphatic heterocycles. The third-order valence-electron chi connectivity index (χ3n) is 5.68. The number of benzene rings is 3. The minimum absolute atomic E-state index is 0.180. The molecule has 0 saturated carbocycles. The second kappa shape index (κ2) is 9.66. The Morgan fingerprint density at radius 1 is 0.972 bits per heavy atom. The zero-order chi connectivity index (χ0) is 25.1. The van der Waals surface area contributed by atoms with E-state index in [0.29, 0.717) is 22.8 Å². The number of hydrogen-bond donors (Lipinski definition) is 2. The van der Waals surface area contributed by atoms with Gasteiger partial charge in [0.05, 0.1) is 22.5 Å². The van der Waals surface area contributed by atoms with Crippen LogP contribution >= 0.6 is 0 Å². The van der Waals surface area contributed by atoms with Gasteiger partial charge in [0.15, 0.2) is 0 Å². The van der Waals surface area contributed by atoms with Gasteiger partial charge in [-0.2, -0.15) is 0 Å². The fourth-order valence-electron chi connectivity index (χ4n) is 3.67. The summed E-state index contributed by atoms with van der Waals surface area (Å²) in [6.45, 7) is 3.81. The summed E-state index contributed by atoms with van der Waals surface area (Å²) in [7, 11) is 0. The van der Waals surface area contributed by atoms with Crippen molar-refractivity contribution in [1.29, 1.82) is 0 Å². The van der Waals surface area contributed by atoms with Crippen LogP contribution in [0.2, 0.25) is 0 Å². The number of nitrogens with zero attached hydrogens (tertiary/aromatic N) is 5. The summed E-state index contributed by atoms with van der Waals surface area (Å²) in [6, 6.07) is 17.7. The van der Waals surface area contributed by atoms with Crippen molar-refractivity contribution >= 4 is 22.6 Å². The summed E-state index contributed by atoms with van der Waals surface area (Å²) in [4.78, 5) is 25.7. The first-order valence-electron chi connectivity index (χ1n) is 11.0. The molecule has 180 valence electrons. The van der Waals surface area contributed by atoms with Gasteiger partial charge >= 0.3 is 0 Å². The van der Waals surface area contributed by atoms with Crippen LogP contribution in [0, 0.1) is 13.8 Å². The van der Waals surface area contributed by atoms with Gasteiger partial charge in [-0.3, -0.25) is 20.4 Å². The molecule has 0 saturated heterocycles. The normalized spacial score (nSPS) is 10.8. The largest absolute Gasteiger partial charge is 0.488 e. The van der Waals surface area contributed by atoms with Crippen LogP contribution in [0.5, 0.6) is 5.75 Å². The molecule has 5 rings (SSSR count). The van der Waals surface area contributed by atoms with Crippen molar-refractivity contribution in [1.82, 2.24) is 36.2 Å². The molecule has 0 fully saturated rings. The number of aromatic nitrogens is 5. The van der Waals surface area contributed by atoms with Crippen molar-refractivity contribution in [2.45, 2.75) is 20.5 Å². The number of fused-ring (bicyclic) bond motifs is 1. The molecule has 0 atom stereocenters. The lowest BCUT2D eigenvalue weighted by molar-refractivity contribution is 0.0844. The van der Waals surface area contributed by atoms with Gasteiger partial charge in [0, 0.05) is 5.56 Å². The Morgan fingerprint density at radius 3 is 2.36 bits per heavy atom. The summed E-state index contributed by atoms with van der Waals surface area (Å²) in [5.41, 5.74) is 7.77. The molecule has 11 heteroatoms. The van der Waals surface area contributed by atoms with Crippen LogP contribution in [0.1, 0.15) is 37.7 Å². The first-order valence-corrected chi connectivity index (χ1v) is 11.0.